The maximum absolute atomic E-state index is 6.23. The number of aromatic nitrogens is 3. The first-order valence-corrected chi connectivity index (χ1v) is 10.3. The Kier molecular flexibility index (Phi) is 6.80. The normalized spacial score (nSPS) is 11.0. The molecule has 0 fully saturated rings. The molecule has 2 aromatic carbocycles. The van der Waals surface area contributed by atoms with Gasteiger partial charge in [-0.3, -0.25) is 0 Å². The Bertz CT molecular complexity index is 910. The Hall–Kier alpha value is -1.98. The second-order valence-electron chi connectivity index (χ2n) is 6.50. The molecule has 0 saturated carbocycles. The third kappa shape index (κ3) is 5.05. The van der Waals surface area contributed by atoms with Gasteiger partial charge in [0.25, 0.3) is 0 Å². The largest absolute Gasteiger partial charge is 0.496 e. The minimum atomic E-state index is 0.788. The van der Waals surface area contributed by atoms with Crippen molar-refractivity contribution in [2.75, 3.05) is 7.11 Å². The van der Waals surface area contributed by atoms with Crippen molar-refractivity contribution in [1.82, 2.24) is 14.8 Å². The fourth-order valence-corrected chi connectivity index (χ4v) is 4.21. The fourth-order valence-electron chi connectivity index (χ4n) is 2.99. The van der Waals surface area contributed by atoms with Gasteiger partial charge in [-0.15, -0.1) is 10.2 Å². The zero-order valence-corrected chi connectivity index (χ0v) is 17.5. The van der Waals surface area contributed by atoms with Crippen LogP contribution < -0.4 is 4.74 Å². The number of hydrogen-bond donors (Lipinski definition) is 0. The van der Waals surface area contributed by atoms with E-state index in [1.807, 2.05) is 37.4 Å². The van der Waals surface area contributed by atoms with Crippen LogP contribution in [0, 0.1) is 6.92 Å². The van der Waals surface area contributed by atoms with Gasteiger partial charge >= 0.3 is 0 Å². The summed E-state index contributed by atoms with van der Waals surface area (Å²) in [5.74, 6) is 2.74. The van der Waals surface area contributed by atoms with E-state index >= 15 is 0 Å². The van der Waals surface area contributed by atoms with Crippen molar-refractivity contribution in [2.45, 2.75) is 37.1 Å². The van der Waals surface area contributed by atoms with E-state index in [-0.39, 0.29) is 0 Å². The smallest absolute Gasteiger partial charge is 0.191 e. The summed E-state index contributed by atoms with van der Waals surface area (Å²) in [5.41, 5.74) is 3.61. The lowest BCUT2D eigenvalue weighted by molar-refractivity contribution is 0.411. The minimum Gasteiger partial charge on any atom is -0.496 e. The molecule has 0 radical (unpaired) electrons. The van der Waals surface area contributed by atoms with Crippen LogP contribution >= 0.6 is 23.4 Å². The van der Waals surface area contributed by atoms with Gasteiger partial charge in [0, 0.05) is 24.2 Å². The highest BCUT2D eigenvalue weighted by Crippen LogP contribution is 2.26. The molecule has 6 heteroatoms. The Morgan fingerprint density at radius 2 is 1.93 bits per heavy atom. The van der Waals surface area contributed by atoms with Gasteiger partial charge in [-0.2, -0.15) is 0 Å². The van der Waals surface area contributed by atoms with Crippen LogP contribution in [0.5, 0.6) is 5.75 Å². The van der Waals surface area contributed by atoms with Crippen molar-refractivity contribution in [3.63, 3.8) is 0 Å². The van der Waals surface area contributed by atoms with Gasteiger partial charge in [0.15, 0.2) is 5.16 Å². The summed E-state index contributed by atoms with van der Waals surface area (Å²) >= 11 is 7.89. The molecule has 3 aromatic rings. The number of nitrogens with zero attached hydrogens (tertiary/aromatic N) is 3. The third-order valence-electron chi connectivity index (χ3n) is 4.56. The monoisotopic (exact) mass is 401 g/mol. The van der Waals surface area contributed by atoms with Crippen LogP contribution in [-0.4, -0.2) is 21.9 Å². The minimum absolute atomic E-state index is 0.788. The summed E-state index contributed by atoms with van der Waals surface area (Å²) in [6.07, 6.45) is 2.95. The van der Waals surface area contributed by atoms with Crippen LogP contribution in [0.3, 0.4) is 0 Å². The number of halogens is 1. The van der Waals surface area contributed by atoms with E-state index in [0.29, 0.717) is 0 Å². The van der Waals surface area contributed by atoms with Gasteiger partial charge in [-0.05, 0) is 48.6 Å². The first-order valence-electron chi connectivity index (χ1n) is 8.96. The van der Waals surface area contributed by atoms with Gasteiger partial charge in [-0.1, -0.05) is 53.7 Å². The second-order valence-corrected chi connectivity index (χ2v) is 7.85. The fraction of sp³-hybridized carbons (Fsp3) is 0.333. The molecule has 0 aliphatic rings. The Labute approximate surface area is 169 Å². The zero-order chi connectivity index (χ0) is 19.2. The molecule has 27 heavy (non-hydrogen) atoms. The molecular formula is C21H24ClN3OS. The molecule has 0 spiro atoms. The number of thioether (sulfide) groups is 1. The molecule has 0 amide bonds. The average Bonchev–Trinajstić information content (AvgIpc) is 3.01. The third-order valence-corrected chi connectivity index (χ3v) is 6.00. The maximum atomic E-state index is 6.23. The maximum Gasteiger partial charge on any atom is 0.191 e. The van der Waals surface area contributed by atoms with E-state index in [2.05, 4.69) is 33.8 Å². The van der Waals surface area contributed by atoms with Crippen LogP contribution in [0.2, 0.25) is 5.02 Å². The predicted molar refractivity (Wildman–Crippen MR) is 112 cm³/mol. The molecular weight excluding hydrogens is 378 g/mol. The Balaban J connectivity index is 1.54. The number of rotatable bonds is 8. The second kappa shape index (κ2) is 9.29. The van der Waals surface area contributed by atoms with E-state index < -0.39 is 0 Å². The van der Waals surface area contributed by atoms with Gasteiger partial charge in [0.1, 0.15) is 11.6 Å². The first-order chi connectivity index (χ1) is 13.1. The molecule has 3 rings (SSSR count). The summed E-state index contributed by atoms with van der Waals surface area (Å²) < 4.78 is 7.41. The molecule has 0 aliphatic heterocycles. The summed E-state index contributed by atoms with van der Waals surface area (Å²) in [4.78, 5) is 0. The van der Waals surface area contributed by atoms with Crippen LogP contribution in [0.4, 0.5) is 0 Å². The summed E-state index contributed by atoms with van der Waals surface area (Å²) in [7, 11) is 3.74. The van der Waals surface area contributed by atoms with Crippen molar-refractivity contribution < 1.29 is 4.74 Å². The molecule has 0 saturated heterocycles. The molecule has 0 atom stereocenters. The summed E-state index contributed by atoms with van der Waals surface area (Å²) in [6, 6.07) is 14.3. The van der Waals surface area contributed by atoms with Crippen molar-refractivity contribution in [2.24, 2.45) is 7.05 Å². The Morgan fingerprint density at radius 3 is 2.67 bits per heavy atom. The predicted octanol–water partition coefficient (Wildman–Crippen LogP) is 5.25. The van der Waals surface area contributed by atoms with E-state index in [1.54, 1.807) is 18.9 Å². The molecule has 0 bridgehead atoms. The zero-order valence-electron chi connectivity index (χ0n) is 15.9. The quantitative estimate of drug-likeness (QED) is 0.483. The highest BCUT2D eigenvalue weighted by Gasteiger charge is 2.10. The standard InChI is InChI=1S/C21H24ClN3OS/c1-15-13-16(11-12-19(15)26-3)7-6-10-20-23-24-21(25(20)2)27-14-17-8-4-5-9-18(17)22/h4-5,8-9,11-13H,6-7,10,14H2,1-3H3. The molecule has 1 heterocycles. The number of aryl methyl sites for hydroxylation is 3. The number of benzene rings is 2. The van der Waals surface area contributed by atoms with Gasteiger partial charge in [0.05, 0.1) is 7.11 Å². The molecule has 0 N–H and O–H groups in total. The molecule has 4 nitrogen and oxygen atoms in total. The van der Waals surface area contributed by atoms with Crippen LogP contribution in [0.25, 0.3) is 0 Å². The Morgan fingerprint density at radius 1 is 1.11 bits per heavy atom. The van der Waals surface area contributed by atoms with E-state index in [1.165, 1.54) is 11.1 Å². The average molecular weight is 402 g/mol. The molecule has 0 aliphatic carbocycles. The number of hydrogen-bond acceptors (Lipinski definition) is 4. The lowest BCUT2D eigenvalue weighted by Gasteiger charge is -2.08. The SMILES string of the molecule is COc1ccc(CCCc2nnc(SCc3ccccc3Cl)n2C)cc1C. The van der Waals surface area contributed by atoms with E-state index in [4.69, 9.17) is 16.3 Å². The van der Waals surface area contributed by atoms with Gasteiger partial charge in [0.2, 0.25) is 0 Å². The lowest BCUT2D eigenvalue weighted by Crippen LogP contribution is -2.01. The highest BCUT2D eigenvalue weighted by molar-refractivity contribution is 7.98. The van der Waals surface area contributed by atoms with Crippen molar-refractivity contribution in [1.29, 1.82) is 0 Å². The summed E-state index contributed by atoms with van der Waals surface area (Å²) in [5, 5.41) is 10.4. The summed E-state index contributed by atoms with van der Waals surface area (Å²) in [6.45, 7) is 2.08. The topological polar surface area (TPSA) is 39.9 Å². The lowest BCUT2D eigenvalue weighted by atomic mass is 10.0. The van der Waals surface area contributed by atoms with Crippen molar-refractivity contribution in [3.05, 3.63) is 70.0 Å². The van der Waals surface area contributed by atoms with Crippen molar-refractivity contribution in [3.8, 4) is 5.75 Å². The van der Waals surface area contributed by atoms with E-state index in [9.17, 15) is 0 Å². The van der Waals surface area contributed by atoms with Crippen LogP contribution in [0.1, 0.15) is 28.9 Å². The van der Waals surface area contributed by atoms with Crippen molar-refractivity contribution >= 4 is 23.4 Å². The highest BCUT2D eigenvalue weighted by atomic mass is 35.5. The molecule has 142 valence electrons. The molecule has 0 unspecified atom stereocenters. The van der Waals surface area contributed by atoms with Gasteiger partial charge in [-0.25, -0.2) is 0 Å². The van der Waals surface area contributed by atoms with Crippen LogP contribution in [0.15, 0.2) is 47.6 Å². The van der Waals surface area contributed by atoms with Gasteiger partial charge < -0.3 is 9.30 Å². The number of methoxy groups -OCH3 is 1. The molecule has 1 aromatic heterocycles. The first kappa shape index (κ1) is 19.8. The van der Waals surface area contributed by atoms with E-state index in [0.717, 1.165) is 52.3 Å². The van der Waals surface area contributed by atoms with Crippen LogP contribution in [-0.2, 0) is 25.6 Å². The number of ether oxygens (including phenoxy) is 1.